The first-order valence-electron chi connectivity index (χ1n) is 8.78. The molecule has 2 aromatic rings. The van der Waals surface area contributed by atoms with Crippen LogP contribution >= 0.6 is 11.3 Å². The molecule has 1 aromatic carbocycles. The lowest BCUT2D eigenvalue weighted by atomic mass is 9.95. The largest absolute Gasteiger partial charge is 0.351 e. The molecule has 0 spiro atoms. The van der Waals surface area contributed by atoms with E-state index in [2.05, 4.69) is 5.32 Å². The molecule has 1 saturated heterocycles. The first-order chi connectivity index (χ1) is 13.6. The predicted octanol–water partition coefficient (Wildman–Crippen LogP) is 1.84. The molecule has 1 aliphatic heterocycles. The van der Waals surface area contributed by atoms with Crippen LogP contribution in [-0.2, 0) is 21.4 Å². The summed E-state index contributed by atoms with van der Waals surface area (Å²) in [4.78, 5) is 26.9. The molecule has 11 heteroatoms. The Hall–Kier alpha value is -2.37. The number of amides is 2. The topological polar surface area (TPSA) is 110 Å². The van der Waals surface area contributed by atoms with E-state index in [1.807, 2.05) is 0 Å². The van der Waals surface area contributed by atoms with E-state index in [1.54, 1.807) is 6.07 Å². The van der Waals surface area contributed by atoms with Gasteiger partial charge in [0, 0.05) is 30.0 Å². The lowest BCUT2D eigenvalue weighted by Gasteiger charge is -2.31. The molecule has 0 unspecified atom stereocenters. The van der Waals surface area contributed by atoms with Gasteiger partial charge in [-0.1, -0.05) is 0 Å². The number of primary sulfonamides is 1. The van der Waals surface area contributed by atoms with Crippen LogP contribution < -0.4 is 10.5 Å². The number of nitrogens with one attached hydrogen (secondary N) is 1. The number of carbonyl (C=O) groups is 2. The Morgan fingerprint density at radius 3 is 2.45 bits per heavy atom. The van der Waals surface area contributed by atoms with Crippen LogP contribution in [0, 0.1) is 17.6 Å². The van der Waals surface area contributed by atoms with Gasteiger partial charge in [-0.05, 0) is 37.1 Å². The van der Waals surface area contributed by atoms with Crippen molar-refractivity contribution in [3.8, 4) is 0 Å². The Kier molecular flexibility index (Phi) is 6.30. The Morgan fingerprint density at radius 1 is 1.17 bits per heavy atom. The first-order valence-corrected chi connectivity index (χ1v) is 11.1. The molecule has 1 fully saturated rings. The van der Waals surface area contributed by atoms with Crippen LogP contribution in [0.5, 0.6) is 0 Å². The number of nitrogens with zero attached hydrogens (tertiary/aromatic N) is 1. The summed E-state index contributed by atoms with van der Waals surface area (Å²) < 4.78 is 49.4. The molecule has 2 heterocycles. The standard InChI is InChI=1S/C18H19F2N3O4S2/c19-12-1-3-14(15(20)9-12)18(25)23-7-5-11(6-8-23)17(24)22-10-13-2-4-16(28-13)29(21,26)27/h1-4,9,11H,5-8,10H2,(H,22,24)(H2,21,26,27). The second kappa shape index (κ2) is 8.56. The van der Waals surface area contributed by atoms with Crippen LogP contribution in [0.15, 0.2) is 34.5 Å². The number of likely N-dealkylation sites (tertiary alicyclic amines) is 1. The lowest BCUT2D eigenvalue weighted by Crippen LogP contribution is -2.43. The van der Waals surface area contributed by atoms with Crippen molar-refractivity contribution in [2.45, 2.75) is 23.6 Å². The number of carbonyl (C=O) groups excluding carboxylic acids is 2. The molecule has 0 radical (unpaired) electrons. The second-order valence-electron chi connectivity index (χ2n) is 6.67. The molecular weight excluding hydrogens is 424 g/mol. The Morgan fingerprint density at radius 2 is 1.86 bits per heavy atom. The van der Waals surface area contributed by atoms with Crippen molar-refractivity contribution in [2.24, 2.45) is 11.1 Å². The Bertz CT molecular complexity index is 1030. The third kappa shape index (κ3) is 5.17. The predicted molar refractivity (Wildman–Crippen MR) is 103 cm³/mol. The average Bonchev–Trinajstić information content (AvgIpc) is 3.15. The number of thiophene rings is 1. The highest BCUT2D eigenvalue weighted by molar-refractivity contribution is 7.91. The summed E-state index contributed by atoms with van der Waals surface area (Å²) in [6.07, 6.45) is 0.820. The highest BCUT2D eigenvalue weighted by Gasteiger charge is 2.29. The summed E-state index contributed by atoms with van der Waals surface area (Å²) in [6, 6.07) is 5.79. The Balaban J connectivity index is 1.51. The van der Waals surface area contributed by atoms with Crippen LogP contribution in [0.4, 0.5) is 8.78 Å². The zero-order valence-corrected chi connectivity index (χ0v) is 16.9. The van der Waals surface area contributed by atoms with Gasteiger partial charge in [-0.2, -0.15) is 0 Å². The fraction of sp³-hybridized carbons (Fsp3) is 0.333. The number of benzene rings is 1. The smallest absolute Gasteiger partial charge is 0.256 e. The van der Waals surface area contributed by atoms with Crippen molar-refractivity contribution in [2.75, 3.05) is 13.1 Å². The van der Waals surface area contributed by atoms with Gasteiger partial charge in [-0.3, -0.25) is 9.59 Å². The summed E-state index contributed by atoms with van der Waals surface area (Å²) >= 11 is 0.990. The van der Waals surface area contributed by atoms with Gasteiger partial charge in [0.15, 0.2) is 0 Å². The molecule has 1 aromatic heterocycles. The molecule has 1 aliphatic rings. The van der Waals surface area contributed by atoms with Crippen molar-refractivity contribution in [1.29, 1.82) is 0 Å². The molecule has 0 saturated carbocycles. The monoisotopic (exact) mass is 443 g/mol. The van der Waals surface area contributed by atoms with Crippen LogP contribution in [0.3, 0.4) is 0 Å². The van der Waals surface area contributed by atoms with Crippen LogP contribution in [0.2, 0.25) is 0 Å². The SMILES string of the molecule is NS(=O)(=O)c1ccc(CNC(=O)C2CCN(C(=O)c3ccc(F)cc3F)CC2)s1. The van der Waals surface area contributed by atoms with Gasteiger partial charge in [0.25, 0.3) is 5.91 Å². The quantitative estimate of drug-likeness (QED) is 0.735. The summed E-state index contributed by atoms with van der Waals surface area (Å²) in [5.74, 6) is -2.71. The third-order valence-corrected chi connectivity index (χ3v) is 7.19. The number of sulfonamides is 1. The number of rotatable bonds is 5. The molecule has 7 nitrogen and oxygen atoms in total. The van der Waals surface area contributed by atoms with Crippen LogP contribution in [0.1, 0.15) is 28.1 Å². The maximum absolute atomic E-state index is 13.8. The summed E-state index contributed by atoms with van der Waals surface area (Å²) in [7, 11) is -3.76. The number of hydrogen-bond donors (Lipinski definition) is 2. The van der Waals surface area contributed by atoms with E-state index in [-0.39, 0.29) is 41.2 Å². The maximum atomic E-state index is 13.8. The minimum Gasteiger partial charge on any atom is -0.351 e. The van der Waals surface area contributed by atoms with Crippen LogP contribution in [0.25, 0.3) is 0 Å². The molecule has 29 heavy (non-hydrogen) atoms. The Labute approximate surface area is 170 Å². The zero-order chi connectivity index (χ0) is 21.2. The fourth-order valence-corrected chi connectivity index (χ4v) is 4.82. The normalized spacial score (nSPS) is 15.3. The van der Waals surface area contributed by atoms with Crippen molar-refractivity contribution in [3.63, 3.8) is 0 Å². The molecule has 0 aliphatic carbocycles. The van der Waals surface area contributed by atoms with Gasteiger partial charge in [0.1, 0.15) is 15.8 Å². The van der Waals surface area contributed by atoms with Crippen molar-refractivity contribution in [3.05, 3.63) is 52.4 Å². The van der Waals surface area contributed by atoms with Crippen molar-refractivity contribution >= 4 is 33.2 Å². The van der Waals surface area contributed by atoms with Gasteiger partial charge in [-0.15, -0.1) is 11.3 Å². The van der Waals surface area contributed by atoms with Crippen molar-refractivity contribution in [1.82, 2.24) is 10.2 Å². The lowest BCUT2D eigenvalue weighted by molar-refractivity contribution is -0.126. The summed E-state index contributed by atoms with van der Waals surface area (Å²) in [5.41, 5.74) is -0.197. The van der Waals surface area contributed by atoms with Crippen molar-refractivity contribution < 1.29 is 26.8 Å². The maximum Gasteiger partial charge on any atom is 0.256 e. The molecule has 156 valence electrons. The van der Waals surface area contributed by atoms with E-state index < -0.39 is 27.6 Å². The van der Waals surface area contributed by atoms with Gasteiger partial charge >= 0.3 is 0 Å². The molecule has 3 rings (SSSR count). The minimum atomic E-state index is -3.76. The number of hydrogen-bond acceptors (Lipinski definition) is 5. The number of nitrogens with two attached hydrogens (primary N) is 1. The first kappa shape index (κ1) is 21.3. The zero-order valence-electron chi connectivity index (χ0n) is 15.2. The van der Waals surface area contributed by atoms with E-state index in [1.165, 1.54) is 11.0 Å². The minimum absolute atomic E-state index is 0.0293. The van der Waals surface area contributed by atoms with E-state index >= 15 is 0 Å². The highest BCUT2D eigenvalue weighted by Crippen LogP contribution is 2.22. The molecule has 3 N–H and O–H groups in total. The average molecular weight is 443 g/mol. The molecule has 0 bridgehead atoms. The number of piperidine rings is 1. The number of halogens is 2. The highest BCUT2D eigenvalue weighted by atomic mass is 32.2. The molecule has 0 atom stereocenters. The van der Waals surface area contributed by atoms with Gasteiger partial charge in [0.05, 0.1) is 12.1 Å². The van der Waals surface area contributed by atoms with E-state index in [0.29, 0.717) is 23.8 Å². The van der Waals surface area contributed by atoms with Gasteiger partial charge in [-0.25, -0.2) is 22.3 Å². The summed E-state index contributed by atoms with van der Waals surface area (Å²) in [6.45, 7) is 0.740. The van der Waals surface area contributed by atoms with Gasteiger partial charge < -0.3 is 10.2 Å². The van der Waals surface area contributed by atoms with Gasteiger partial charge in [0.2, 0.25) is 15.9 Å². The van der Waals surface area contributed by atoms with Crippen LogP contribution in [-0.4, -0.2) is 38.2 Å². The molecule has 2 amide bonds. The molecular formula is C18H19F2N3O4S2. The van der Waals surface area contributed by atoms with E-state index in [4.69, 9.17) is 5.14 Å². The fourth-order valence-electron chi connectivity index (χ4n) is 3.10. The van der Waals surface area contributed by atoms with E-state index in [9.17, 15) is 26.8 Å². The third-order valence-electron chi connectivity index (χ3n) is 4.67. The van der Waals surface area contributed by atoms with E-state index in [0.717, 1.165) is 23.5 Å². The second-order valence-corrected chi connectivity index (χ2v) is 9.63. The summed E-state index contributed by atoms with van der Waals surface area (Å²) in [5, 5.41) is 7.82.